The summed E-state index contributed by atoms with van der Waals surface area (Å²) in [5.41, 5.74) is 0. The molecule has 0 aliphatic carbocycles. The minimum absolute atomic E-state index is 0.0873. The molecule has 0 rings (SSSR count). The zero-order valence-electron chi connectivity index (χ0n) is 47.2. The molecule has 0 fully saturated rings. The van der Waals surface area contributed by atoms with Crippen LogP contribution in [-0.4, -0.2) is 37.2 Å². The van der Waals surface area contributed by atoms with Gasteiger partial charge in [-0.2, -0.15) is 0 Å². The average Bonchev–Trinajstić information content (AvgIpc) is 3.37. The summed E-state index contributed by atoms with van der Waals surface area (Å²) in [5, 5.41) is 0. The molecule has 0 N–H and O–H groups in total. The van der Waals surface area contributed by atoms with Crippen molar-refractivity contribution in [2.75, 3.05) is 13.2 Å². The van der Waals surface area contributed by atoms with E-state index in [1.165, 1.54) is 193 Å². The fourth-order valence-electron chi connectivity index (χ4n) is 8.95. The van der Waals surface area contributed by atoms with E-state index in [4.69, 9.17) is 14.2 Å². The molecular formula is C65H116O6. The van der Waals surface area contributed by atoms with Gasteiger partial charge >= 0.3 is 17.9 Å². The highest BCUT2D eigenvalue weighted by atomic mass is 16.6. The molecule has 0 saturated heterocycles. The van der Waals surface area contributed by atoms with E-state index >= 15 is 0 Å². The van der Waals surface area contributed by atoms with Crippen molar-refractivity contribution in [1.82, 2.24) is 0 Å². The predicted octanol–water partition coefficient (Wildman–Crippen LogP) is 20.8. The zero-order valence-corrected chi connectivity index (χ0v) is 47.2. The lowest BCUT2D eigenvalue weighted by Gasteiger charge is -2.18. The quantitative estimate of drug-likeness (QED) is 0.0261. The lowest BCUT2D eigenvalue weighted by Crippen LogP contribution is -2.30. The third kappa shape index (κ3) is 57.9. The van der Waals surface area contributed by atoms with Crippen molar-refractivity contribution in [2.45, 2.75) is 322 Å². The maximum atomic E-state index is 12.9. The first-order chi connectivity index (χ1) is 35.0. The van der Waals surface area contributed by atoms with Crippen molar-refractivity contribution in [3.63, 3.8) is 0 Å². The van der Waals surface area contributed by atoms with E-state index in [-0.39, 0.29) is 37.5 Å². The molecule has 412 valence electrons. The number of esters is 3. The Bertz CT molecular complexity index is 1280. The Morgan fingerprint density at radius 1 is 0.296 bits per heavy atom. The highest BCUT2D eigenvalue weighted by Crippen LogP contribution is 2.17. The highest BCUT2D eigenvalue weighted by Gasteiger charge is 2.19. The first-order valence-electron chi connectivity index (χ1n) is 30.8. The fourth-order valence-corrected chi connectivity index (χ4v) is 8.95. The summed E-state index contributed by atoms with van der Waals surface area (Å²) in [6, 6.07) is 0. The molecule has 0 spiro atoms. The molecule has 0 aromatic carbocycles. The summed E-state index contributed by atoms with van der Waals surface area (Å²) < 4.78 is 16.9. The van der Waals surface area contributed by atoms with E-state index in [9.17, 15) is 14.4 Å². The van der Waals surface area contributed by atoms with Crippen LogP contribution in [0.1, 0.15) is 316 Å². The number of ether oxygens (including phenoxy) is 3. The number of allylic oxidation sites excluding steroid dienone is 10. The van der Waals surface area contributed by atoms with Gasteiger partial charge in [0, 0.05) is 19.3 Å². The summed E-state index contributed by atoms with van der Waals surface area (Å²) in [6.07, 6.45) is 75.1. The van der Waals surface area contributed by atoms with Crippen molar-refractivity contribution in [1.29, 1.82) is 0 Å². The summed E-state index contributed by atoms with van der Waals surface area (Å²) >= 11 is 0. The molecule has 0 bridgehead atoms. The Morgan fingerprint density at radius 3 is 0.859 bits per heavy atom. The standard InChI is InChI=1S/C65H116O6/c1-4-7-10-13-16-19-22-25-28-30-31-32-33-35-38-40-43-46-49-52-55-58-64(67)70-61-62(71-65(68)59-56-53-50-47-44-41-36-27-24-21-18-15-12-9-6-3)60-69-63(66)57-54-51-48-45-42-39-37-34-29-26-23-20-17-14-11-8-5-2/h8,11,17,20,26,29,37,39,45,48,62H,4-7,9-10,12-16,18-19,21-25,27-28,30-36,38,40-44,46-47,49-61H2,1-3H3/b11-8-,20-17-,29-26-,39-37-,48-45-/t62-/m1/s1. The number of rotatable bonds is 56. The van der Waals surface area contributed by atoms with Gasteiger partial charge in [0.25, 0.3) is 0 Å². The molecule has 0 aliphatic rings. The van der Waals surface area contributed by atoms with Crippen LogP contribution >= 0.6 is 0 Å². The van der Waals surface area contributed by atoms with E-state index in [1.807, 2.05) is 0 Å². The largest absolute Gasteiger partial charge is 0.462 e. The summed E-state index contributed by atoms with van der Waals surface area (Å²) in [5.74, 6) is -0.930. The molecule has 71 heavy (non-hydrogen) atoms. The number of hydrogen-bond donors (Lipinski definition) is 0. The Kier molecular flexibility index (Phi) is 57.2. The molecule has 0 saturated carbocycles. The second kappa shape index (κ2) is 59.7. The van der Waals surface area contributed by atoms with Gasteiger partial charge in [-0.05, 0) is 57.8 Å². The zero-order chi connectivity index (χ0) is 51.4. The maximum absolute atomic E-state index is 12.9. The molecule has 1 atom stereocenters. The normalized spacial score (nSPS) is 12.4. The Morgan fingerprint density at radius 2 is 0.549 bits per heavy atom. The highest BCUT2D eigenvalue weighted by molar-refractivity contribution is 5.71. The molecule has 0 radical (unpaired) electrons. The van der Waals surface area contributed by atoms with Crippen molar-refractivity contribution in [3.8, 4) is 0 Å². The van der Waals surface area contributed by atoms with Crippen LogP contribution in [0.15, 0.2) is 60.8 Å². The van der Waals surface area contributed by atoms with Crippen molar-refractivity contribution in [2.24, 2.45) is 0 Å². The third-order valence-corrected chi connectivity index (χ3v) is 13.5. The number of carbonyl (C=O) groups excluding carboxylic acids is 3. The van der Waals surface area contributed by atoms with E-state index in [0.29, 0.717) is 19.3 Å². The monoisotopic (exact) mass is 993 g/mol. The second-order valence-electron chi connectivity index (χ2n) is 20.6. The summed E-state index contributed by atoms with van der Waals surface area (Å²) in [6.45, 7) is 6.53. The first-order valence-corrected chi connectivity index (χ1v) is 30.8. The molecule has 0 aromatic rings. The van der Waals surface area contributed by atoms with Crippen LogP contribution in [0.2, 0.25) is 0 Å². The van der Waals surface area contributed by atoms with Crippen LogP contribution in [0.4, 0.5) is 0 Å². The van der Waals surface area contributed by atoms with Gasteiger partial charge < -0.3 is 14.2 Å². The van der Waals surface area contributed by atoms with Crippen molar-refractivity contribution < 1.29 is 28.6 Å². The molecule has 0 amide bonds. The first kappa shape index (κ1) is 68.1. The minimum atomic E-state index is -0.794. The lowest BCUT2D eigenvalue weighted by atomic mass is 10.0. The van der Waals surface area contributed by atoms with Gasteiger partial charge in [0.05, 0.1) is 0 Å². The third-order valence-electron chi connectivity index (χ3n) is 13.5. The molecule has 6 heteroatoms. The van der Waals surface area contributed by atoms with Gasteiger partial charge in [0.15, 0.2) is 6.10 Å². The van der Waals surface area contributed by atoms with Gasteiger partial charge in [0.1, 0.15) is 13.2 Å². The minimum Gasteiger partial charge on any atom is -0.462 e. The van der Waals surface area contributed by atoms with Gasteiger partial charge in [0.2, 0.25) is 0 Å². The molecular weight excluding hydrogens is 877 g/mol. The Balaban J connectivity index is 4.37. The fraction of sp³-hybridized carbons (Fsp3) is 0.800. The van der Waals surface area contributed by atoms with Gasteiger partial charge in [-0.3, -0.25) is 14.4 Å². The van der Waals surface area contributed by atoms with Crippen LogP contribution in [0.3, 0.4) is 0 Å². The average molecular weight is 994 g/mol. The van der Waals surface area contributed by atoms with Gasteiger partial charge in [-0.25, -0.2) is 0 Å². The smallest absolute Gasteiger partial charge is 0.306 e. The number of hydrogen-bond acceptors (Lipinski definition) is 6. The predicted molar refractivity (Wildman–Crippen MR) is 307 cm³/mol. The SMILES string of the molecule is CC/C=C\C/C=C\C/C=C\C/C=C\C/C=C\CCCC(=O)OC[C@H](COC(=O)CCCCCCCCCCCCCCCCCCCCCCC)OC(=O)CCCCCCCCCCCCCCCCC. The maximum Gasteiger partial charge on any atom is 0.306 e. The van der Waals surface area contributed by atoms with Crippen LogP contribution in [0.25, 0.3) is 0 Å². The Hall–Kier alpha value is -2.89. The molecule has 0 unspecified atom stereocenters. The van der Waals surface area contributed by atoms with Crippen LogP contribution in [0, 0.1) is 0 Å². The van der Waals surface area contributed by atoms with Gasteiger partial charge in [-0.1, -0.05) is 300 Å². The van der Waals surface area contributed by atoms with E-state index in [2.05, 4.69) is 81.5 Å². The van der Waals surface area contributed by atoms with Gasteiger partial charge in [-0.15, -0.1) is 0 Å². The summed E-state index contributed by atoms with van der Waals surface area (Å²) in [7, 11) is 0. The van der Waals surface area contributed by atoms with E-state index in [1.54, 1.807) is 0 Å². The molecule has 0 aliphatic heterocycles. The number of unbranched alkanes of at least 4 members (excludes halogenated alkanes) is 35. The molecule has 6 nitrogen and oxygen atoms in total. The van der Waals surface area contributed by atoms with Crippen LogP contribution in [-0.2, 0) is 28.6 Å². The second-order valence-corrected chi connectivity index (χ2v) is 20.6. The Labute approximate surface area is 440 Å². The molecule has 0 aromatic heterocycles. The topological polar surface area (TPSA) is 78.9 Å². The lowest BCUT2D eigenvalue weighted by molar-refractivity contribution is -0.167. The van der Waals surface area contributed by atoms with Crippen molar-refractivity contribution >= 4 is 17.9 Å². The van der Waals surface area contributed by atoms with Crippen LogP contribution in [0.5, 0.6) is 0 Å². The van der Waals surface area contributed by atoms with Crippen LogP contribution < -0.4 is 0 Å². The van der Waals surface area contributed by atoms with Crippen molar-refractivity contribution in [3.05, 3.63) is 60.8 Å². The summed E-state index contributed by atoms with van der Waals surface area (Å²) in [4.78, 5) is 38.2. The molecule has 0 heterocycles. The number of carbonyl (C=O) groups is 3. The van der Waals surface area contributed by atoms with E-state index < -0.39 is 6.10 Å². The van der Waals surface area contributed by atoms with E-state index in [0.717, 1.165) is 77.0 Å².